The smallest absolute Gasteiger partial charge is 0.209 e. The minimum absolute atomic E-state index is 0.706. The second kappa shape index (κ2) is 8.46. The first kappa shape index (κ1) is 19.2. The molecule has 8 heteroatoms. The number of halogens is 1. The molecular formula is C20H17BrN4OS2. The molecule has 4 rings (SSSR count). The van der Waals surface area contributed by atoms with Crippen molar-refractivity contribution in [2.45, 2.75) is 17.8 Å². The summed E-state index contributed by atoms with van der Waals surface area (Å²) < 4.78 is 6.46. The minimum atomic E-state index is 0.706. The number of thioether (sulfide) groups is 1. The van der Waals surface area contributed by atoms with Crippen molar-refractivity contribution in [3.63, 3.8) is 0 Å². The lowest BCUT2D eigenvalue weighted by molar-refractivity contribution is 0.416. The maximum Gasteiger partial charge on any atom is 0.209 e. The molecule has 0 atom stereocenters. The molecule has 0 saturated heterocycles. The molecule has 0 aliphatic rings. The Bertz CT molecular complexity index is 1090. The van der Waals surface area contributed by atoms with Gasteiger partial charge in [0.05, 0.1) is 18.4 Å². The van der Waals surface area contributed by atoms with Crippen molar-refractivity contribution in [2.24, 2.45) is 0 Å². The van der Waals surface area contributed by atoms with Crippen LogP contribution in [0, 0.1) is 6.92 Å². The second-order valence-electron chi connectivity index (χ2n) is 6.11. The van der Waals surface area contributed by atoms with Crippen molar-refractivity contribution in [1.29, 1.82) is 0 Å². The summed E-state index contributed by atoms with van der Waals surface area (Å²) in [6.45, 7) is 2.07. The van der Waals surface area contributed by atoms with Crippen molar-refractivity contribution in [1.82, 2.24) is 20.2 Å². The lowest BCUT2D eigenvalue weighted by Crippen LogP contribution is -1.88. The van der Waals surface area contributed by atoms with Crippen LogP contribution in [0.15, 0.2) is 57.5 Å². The van der Waals surface area contributed by atoms with Crippen LogP contribution in [0.3, 0.4) is 0 Å². The van der Waals surface area contributed by atoms with Gasteiger partial charge in [-0.2, -0.15) is 0 Å². The fraction of sp³-hybridized carbons (Fsp3) is 0.150. The summed E-state index contributed by atoms with van der Waals surface area (Å²) in [5.74, 6) is 2.30. The maximum atomic E-state index is 5.46. The summed E-state index contributed by atoms with van der Waals surface area (Å²) in [7, 11) is 1.67. The van der Waals surface area contributed by atoms with Crippen LogP contribution in [0.2, 0.25) is 0 Å². The Labute approximate surface area is 179 Å². The van der Waals surface area contributed by atoms with E-state index in [1.807, 2.05) is 30.3 Å². The zero-order valence-electron chi connectivity index (χ0n) is 15.3. The number of nitrogens with zero attached hydrogens (tertiary/aromatic N) is 3. The van der Waals surface area contributed by atoms with Gasteiger partial charge in [-0.05, 0) is 25.1 Å². The number of rotatable bonds is 6. The van der Waals surface area contributed by atoms with E-state index in [1.54, 1.807) is 30.2 Å². The second-order valence-corrected chi connectivity index (χ2v) is 8.83. The number of thiazole rings is 1. The van der Waals surface area contributed by atoms with E-state index in [0.29, 0.717) is 10.9 Å². The van der Waals surface area contributed by atoms with Gasteiger partial charge in [0, 0.05) is 21.2 Å². The SMILES string of the molecule is COc1ccc(Br)cc1-c1nc(CSc2n[nH]c(-c3ccc(C)cc3)n2)cs1. The van der Waals surface area contributed by atoms with Gasteiger partial charge >= 0.3 is 0 Å². The highest BCUT2D eigenvalue weighted by Gasteiger charge is 2.12. The first-order chi connectivity index (χ1) is 13.6. The van der Waals surface area contributed by atoms with Crippen molar-refractivity contribution >= 4 is 39.0 Å². The Balaban J connectivity index is 1.46. The van der Waals surface area contributed by atoms with Crippen molar-refractivity contribution in [3.05, 3.63) is 63.6 Å². The molecule has 5 nitrogen and oxygen atoms in total. The Hall–Kier alpha value is -2.16. The van der Waals surface area contributed by atoms with Gasteiger partial charge in [-0.1, -0.05) is 57.5 Å². The van der Waals surface area contributed by atoms with E-state index in [2.05, 4.69) is 55.5 Å². The molecule has 142 valence electrons. The third-order valence-electron chi connectivity index (χ3n) is 4.08. The molecule has 4 aromatic rings. The number of hydrogen-bond donors (Lipinski definition) is 1. The largest absolute Gasteiger partial charge is 0.496 e. The van der Waals surface area contributed by atoms with E-state index in [-0.39, 0.29) is 0 Å². The van der Waals surface area contributed by atoms with E-state index in [4.69, 9.17) is 9.72 Å². The van der Waals surface area contributed by atoms with Crippen LogP contribution in [0.5, 0.6) is 5.75 Å². The predicted octanol–water partition coefficient (Wildman–Crippen LogP) is 5.97. The number of aromatic nitrogens is 4. The average molecular weight is 473 g/mol. The fourth-order valence-corrected chi connectivity index (χ4v) is 4.63. The van der Waals surface area contributed by atoms with Crippen LogP contribution in [-0.4, -0.2) is 27.3 Å². The molecule has 0 fully saturated rings. The van der Waals surface area contributed by atoms with E-state index in [9.17, 15) is 0 Å². The first-order valence-corrected chi connectivity index (χ1v) is 11.2. The molecular weight excluding hydrogens is 456 g/mol. The van der Waals surface area contributed by atoms with Gasteiger partial charge in [0.1, 0.15) is 10.8 Å². The van der Waals surface area contributed by atoms with Gasteiger partial charge in [-0.15, -0.1) is 16.4 Å². The summed E-state index contributed by atoms with van der Waals surface area (Å²) in [6, 6.07) is 14.1. The highest BCUT2D eigenvalue weighted by Crippen LogP contribution is 2.35. The van der Waals surface area contributed by atoms with Gasteiger partial charge in [-0.3, -0.25) is 5.10 Å². The number of hydrogen-bond acceptors (Lipinski definition) is 6. The van der Waals surface area contributed by atoms with E-state index < -0.39 is 0 Å². The Kier molecular flexibility index (Phi) is 5.79. The number of aromatic amines is 1. The minimum Gasteiger partial charge on any atom is -0.496 e. The average Bonchev–Trinajstić information content (AvgIpc) is 3.36. The van der Waals surface area contributed by atoms with Crippen molar-refractivity contribution < 1.29 is 4.74 Å². The molecule has 0 spiro atoms. The molecule has 2 heterocycles. The molecule has 0 bridgehead atoms. The molecule has 28 heavy (non-hydrogen) atoms. The standard InChI is InChI=1S/C20H17BrN4OS2/c1-12-3-5-13(6-4-12)18-23-20(25-24-18)28-11-15-10-27-19(22-15)16-9-14(21)7-8-17(16)26-2/h3-10H,11H2,1-2H3,(H,23,24,25). The highest BCUT2D eigenvalue weighted by atomic mass is 79.9. The molecule has 0 saturated carbocycles. The fourth-order valence-electron chi connectivity index (χ4n) is 2.63. The van der Waals surface area contributed by atoms with Gasteiger partial charge in [0.15, 0.2) is 5.82 Å². The molecule has 2 aromatic heterocycles. The van der Waals surface area contributed by atoms with E-state index >= 15 is 0 Å². The maximum absolute atomic E-state index is 5.46. The number of H-pyrrole nitrogens is 1. The number of methoxy groups -OCH3 is 1. The molecule has 0 aliphatic carbocycles. The number of ether oxygens (including phenoxy) is 1. The highest BCUT2D eigenvalue weighted by molar-refractivity contribution is 9.10. The summed E-state index contributed by atoms with van der Waals surface area (Å²) >= 11 is 6.68. The van der Waals surface area contributed by atoms with Crippen LogP contribution in [0.25, 0.3) is 22.0 Å². The number of nitrogens with one attached hydrogen (secondary N) is 1. The summed E-state index contributed by atoms with van der Waals surface area (Å²) in [5.41, 5.74) is 4.23. The van der Waals surface area contributed by atoms with Crippen LogP contribution in [0.1, 0.15) is 11.3 Å². The molecule has 0 aliphatic heterocycles. The molecule has 1 N–H and O–H groups in total. The van der Waals surface area contributed by atoms with Crippen molar-refractivity contribution in [2.75, 3.05) is 7.11 Å². The quantitative estimate of drug-likeness (QED) is 0.350. The molecule has 0 unspecified atom stereocenters. The summed E-state index contributed by atoms with van der Waals surface area (Å²) in [4.78, 5) is 9.33. The Morgan fingerprint density at radius 2 is 1.96 bits per heavy atom. The first-order valence-electron chi connectivity index (χ1n) is 8.53. The topological polar surface area (TPSA) is 63.7 Å². The monoisotopic (exact) mass is 472 g/mol. The summed E-state index contributed by atoms with van der Waals surface area (Å²) in [6.07, 6.45) is 0. The van der Waals surface area contributed by atoms with Gasteiger partial charge in [0.2, 0.25) is 5.16 Å². The third-order valence-corrected chi connectivity index (χ3v) is 6.38. The van der Waals surface area contributed by atoms with E-state index in [0.717, 1.165) is 37.9 Å². The molecule has 0 radical (unpaired) electrons. The lowest BCUT2D eigenvalue weighted by Gasteiger charge is -2.06. The van der Waals surface area contributed by atoms with Crippen LogP contribution in [0.4, 0.5) is 0 Å². The normalized spacial score (nSPS) is 11.0. The number of aryl methyl sites for hydroxylation is 1. The van der Waals surface area contributed by atoms with Crippen LogP contribution in [-0.2, 0) is 5.75 Å². The third kappa shape index (κ3) is 4.29. The zero-order valence-corrected chi connectivity index (χ0v) is 18.5. The zero-order chi connectivity index (χ0) is 19.5. The van der Waals surface area contributed by atoms with Gasteiger partial charge in [-0.25, -0.2) is 9.97 Å². The van der Waals surface area contributed by atoms with Gasteiger partial charge in [0.25, 0.3) is 0 Å². The number of benzene rings is 2. The molecule has 0 amide bonds. The Morgan fingerprint density at radius 3 is 2.75 bits per heavy atom. The molecule has 2 aromatic carbocycles. The predicted molar refractivity (Wildman–Crippen MR) is 118 cm³/mol. The van der Waals surface area contributed by atoms with Gasteiger partial charge < -0.3 is 4.74 Å². The Morgan fingerprint density at radius 1 is 1.14 bits per heavy atom. The lowest BCUT2D eigenvalue weighted by atomic mass is 10.1. The van der Waals surface area contributed by atoms with E-state index in [1.165, 1.54) is 5.56 Å². The van der Waals surface area contributed by atoms with Crippen molar-refractivity contribution in [3.8, 4) is 27.7 Å². The summed E-state index contributed by atoms with van der Waals surface area (Å²) in [5, 5.41) is 11.0. The van der Waals surface area contributed by atoms with Crippen LogP contribution < -0.4 is 4.74 Å². The van der Waals surface area contributed by atoms with Crippen LogP contribution >= 0.6 is 39.0 Å².